The van der Waals surface area contributed by atoms with E-state index in [0.29, 0.717) is 12.1 Å². The molecule has 3 aromatic rings. The summed E-state index contributed by atoms with van der Waals surface area (Å²) < 4.78 is 5.26. The Bertz CT molecular complexity index is 1050. The zero-order chi connectivity index (χ0) is 21.1. The van der Waals surface area contributed by atoms with Gasteiger partial charge in [-0.3, -0.25) is 14.6 Å². The number of methoxy groups -OCH3 is 1. The second-order valence-corrected chi connectivity index (χ2v) is 7.24. The van der Waals surface area contributed by atoms with Gasteiger partial charge < -0.3 is 15.0 Å². The van der Waals surface area contributed by atoms with Crippen LogP contribution in [-0.4, -0.2) is 35.9 Å². The molecule has 0 bridgehead atoms. The Hall–Kier alpha value is -3.67. The maximum absolute atomic E-state index is 13.4. The van der Waals surface area contributed by atoms with E-state index in [1.165, 1.54) is 0 Å². The van der Waals surface area contributed by atoms with E-state index < -0.39 is 12.0 Å². The van der Waals surface area contributed by atoms with Crippen LogP contribution in [0.1, 0.15) is 39.1 Å². The van der Waals surface area contributed by atoms with Gasteiger partial charge >= 0.3 is 0 Å². The summed E-state index contributed by atoms with van der Waals surface area (Å²) in [6.45, 7) is 0.325. The van der Waals surface area contributed by atoms with Crippen LogP contribution >= 0.6 is 0 Å². The van der Waals surface area contributed by atoms with Gasteiger partial charge in [0.05, 0.1) is 31.3 Å². The molecule has 2 aromatic carbocycles. The van der Waals surface area contributed by atoms with E-state index in [4.69, 9.17) is 4.74 Å². The van der Waals surface area contributed by atoms with Crippen molar-refractivity contribution in [2.24, 2.45) is 0 Å². The van der Waals surface area contributed by atoms with Gasteiger partial charge in [-0.2, -0.15) is 0 Å². The Labute approximate surface area is 175 Å². The third kappa shape index (κ3) is 3.64. The van der Waals surface area contributed by atoms with Gasteiger partial charge in [-0.15, -0.1) is 0 Å². The number of benzene rings is 2. The Morgan fingerprint density at radius 2 is 1.80 bits per heavy atom. The van der Waals surface area contributed by atoms with Crippen LogP contribution in [0.3, 0.4) is 0 Å². The van der Waals surface area contributed by atoms with E-state index in [-0.39, 0.29) is 11.8 Å². The summed E-state index contributed by atoms with van der Waals surface area (Å²) in [5, 5.41) is 3.00. The van der Waals surface area contributed by atoms with Crippen LogP contribution in [0.5, 0.6) is 5.75 Å². The topological polar surface area (TPSA) is 71.5 Å². The van der Waals surface area contributed by atoms with E-state index in [1.807, 2.05) is 60.7 Å². The third-order valence-electron chi connectivity index (χ3n) is 5.49. The number of likely N-dealkylation sites (N-methyl/N-ethyl adjacent to an activating group) is 1. The van der Waals surface area contributed by atoms with Crippen molar-refractivity contribution in [3.63, 3.8) is 0 Å². The highest BCUT2D eigenvalue weighted by Crippen LogP contribution is 2.42. The summed E-state index contributed by atoms with van der Waals surface area (Å²) in [7, 11) is 3.35. The maximum Gasteiger partial charge on any atom is 0.254 e. The number of amides is 2. The Morgan fingerprint density at radius 3 is 2.50 bits per heavy atom. The van der Waals surface area contributed by atoms with Crippen LogP contribution in [-0.2, 0) is 11.3 Å². The lowest BCUT2D eigenvalue weighted by Gasteiger charge is -2.39. The van der Waals surface area contributed by atoms with Crippen LogP contribution in [0.2, 0.25) is 0 Å². The number of nitrogens with zero attached hydrogens (tertiary/aromatic N) is 2. The number of fused-ring (bicyclic) bond motifs is 1. The smallest absolute Gasteiger partial charge is 0.254 e. The average Bonchev–Trinajstić information content (AvgIpc) is 2.80. The van der Waals surface area contributed by atoms with Crippen LogP contribution in [0, 0.1) is 0 Å². The lowest BCUT2D eigenvalue weighted by atomic mass is 9.79. The van der Waals surface area contributed by atoms with Gasteiger partial charge in [-0.1, -0.05) is 36.4 Å². The fourth-order valence-electron chi connectivity index (χ4n) is 3.97. The average molecular weight is 401 g/mol. The first-order valence-electron chi connectivity index (χ1n) is 9.78. The van der Waals surface area contributed by atoms with E-state index in [1.54, 1.807) is 31.3 Å². The maximum atomic E-state index is 13.4. The molecule has 0 fully saturated rings. The van der Waals surface area contributed by atoms with Crippen molar-refractivity contribution < 1.29 is 14.3 Å². The number of pyridine rings is 1. The monoisotopic (exact) mass is 401 g/mol. The summed E-state index contributed by atoms with van der Waals surface area (Å²) >= 11 is 0. The zero-order valence-electron chi connectivity index (χ0n) is 16.9. The summed E-state index contributed by atoms with van der Waals surface area (Å²) in [6.07, 6.45) is 1.70. The molecule has 1 aromatic heterocycles. The standard InChI is InChI=1S/C24H23N3O3/c1-27-22(16-10-12-18(30-2)13-11-16)21(19-8-3-4-9-20(19)24(27)29)23(28)26-15-17-7-5-6-14-25-17/h3-14,21-22H,15H2,1-2H3,(H,26,28). The Kier molecular flexibility index (Phi) is 5.48. The summed E-state index contributed by atoms with van der Waals surface area (Å²) in [5.41, 5.74) is 2.95. The molecule has 4 rings (SSSR count). The number of rotatable bonds is 5. The molecule has 0 radical (unpaired) electrons. The van der Waals surface area contributed by atoms with Crippen molar-refractivity contribution in [2.45, 2.75) is 18.5 Å². The molecule has 1 aliphatic rings. The number of hydrogen-bond acceptors (Lipinski definition) is 4. The number of ether oxygens (including phenoxy) is 1. The van der Waals surface area contributed by atoms with Gasteiger partial charge in [0.1, 0.15) is 5.75 Å². The van der Waals surface area contributed by atoms with Crippen molar-refractivity contribution in [1.29, 1.82) is 0 Å². The fourth-order valence-corrected chi connectivity index (χ4v) is 3.97. The molecule has 6 heteroatoms. The van der Waals surface area contributed by atoms with Crippen LogP contribution in [0.4, 0.5) is 0 Å². The predicted molar refractivity (Wildman–Crippen MR) is 113 cm³/mol. The minimum absolute atomic E-state index is 0.0970. The molecule has 152 valence electrons. The van der Waals surface area contributed by atoms with Gasteiger partial charge in [0.15, 0.2) is 0 Å². The lowest BCUT2D eigenvalue weighted by molar-refractivity contribution is -0.124. The lowest BCUT2D eigenvalue weighted by Crippen LogP contribution is -2.45. The second-order valence-electron chi connectivity index (χ2n) is 7.24. The number of carbonyl (C=O) groups is 2. The van der Waals surface area contributed by atoms with E-state index in [2.05, 4.69) is 10.3 Å². The SMILES string of the molecule is COc1ccc(C2C(C(=O)NCc3ccccn3)c3ccccc3C(=O)N2C)cc1. The molecule has 2 unspecified atom stereocenters. The zero-order valence-corrected chi connectivity index (χ0v) is 16.9. The molecular formula is C24H23N3O3. The predicted octanol–water partition coefficient (Wildman–Crippen LogP) is 3.32. The highest BCUT2D eigenvalue weighted by atomic mass is 16.5. The molecule has 1 N–H and O–H groups in total. The minimum atomic E-state index is -0.541. The highest BCUT2D eigenvalue weighted by Gasteiger charge is 2.42. The van der Waals surface area contributed by atoms with Crippen molar-refractivity contribution in [3.8, 4) is 5.75 Å². The summed E-state index contributed by atoms with van der Waals surface area (Å²) in [4.78, 5) is 32.3. The normalized spacial score (nSPS) is 17.9. The molecule has 0 aliphatic carbocycles. The molecule has 0 saturated heterocycles. The van der Waals surface area contributed by atoms with Crippen molar-refractivity contribution in [2.75, 3.05) is 14.2 Å². The largest absolute Gasteiger partial charge is 0.497 e. The third-order valence-corrected chi connectivity index (χ3v) is 5.49. The van der Waals surface area contributed by atoms with E-state index >= 15 is 0 Å². The van der Waals surface area contributed by atoms with Crippen LogP contribution in [0.25, 0.3) is 0 Å². The number of hydrogen-bond donors (Lipinski definition) is 1. The van der Waals surface area contributed by atoms with Gasteiger partial charge in [-0.05, 0) is 41.5 Å². The quantitative estimate of drug-likeness (QED) is 0.712. The van der Waals surface area contributed by atoms with E-state index in [0.717, 1.165) is 22.6 Å². The van der Waals surface area contributed by atoms with Crippen molar-refractivity contribution in [3.05, 3.63) is 95.3 Å². The molecule has 2 amide bonds. The van der Waals surface area contributed by atoms with Gasteiger partial charge in [0.2, 0.25) is 5.91 Å². The number of nitrogens with one attached hydrogen (secondary N) is 1. The fraction of sp³-hybridized carbons (Fsp3) is 0.208. The van der Waals surface area contributed by atoms with Gasteiger partial charge in [0.25, 0.3) is 5.91 Å². The first-order chi connectivity index (χ1) is 14.6. The Balaban J connectivity index is 1.72. The van der Waals surface area contributed by atoms with Crippen molar-refractivity contribution in [1.82, 2.24) is 15.2 Å². The molecule has 6 nitrogen and oxygen atoms in total. The van der Waals surface area contributed by atoms with Gasteiger partial charge in [0, 0.05) is 18.8 Å². The van der Waals surface area contributed by atoms with Crippen LogP contribution in [0.15, 0.2) is 72.9 Å². The summed E-state index contributed by atoms with van der Waals surface area (Å²) in [5.74, 6) is -0.0606. The summed E-state index contributed by atoms with van der Waals surface area (Å²) in [6, 6.07) is 20.0. The molecule has 2 atom stereocenters. The Morgan fingerprint density at radius 1 is 1.07 bits per heavy atom. The number of aromatic nitrogens is 1. The van der Waals surface area contributed by atoms with E-state index in [9.17, 15) is 9.59 Å². The minimum Gasteiger partial charge on any atom is -0.497 e. The molecule has 30 heavy (non-hydrogen) atoms. The first-order valence-corrected chi connectivity index (χ1v) is 9.78. The van der Waals surface area contributed by atoms with Crippen LogP contribution < -0.4 is 10.1 Å². The molecule has 0 saturated carbocycles. The molecule has 0 spiro atoms. The van der Waals surface area contributed by atoms with Gasteiger partial charge in [-0.25, -0.2) is 0 Å². The number of carbonyl (C=O) groups excluding carboxylic acids is 2. The first kappa shape index (κ1) is 19.6. The molecule has 2 heterocycles. The highest BCUT2D eigenvalue weighted by molar-refractivity contribution is 6.01. The molecule has 1 aliphatic heterocycles. The van der Waals surface area contributed by atoms with Crippen molar-refractivity contribution >= 4 is 11.8 Å². The molecular weight excluding hydrogens is 378 g/mol. The second kappa shape index (κ2) is 8.37.